The number of methoxy groups -OCH3 is 1. The van der Waals surface area contributed by atoms with Gasteiger partial charge in [-0.15, -0.1) is 0 Å². The summed E-state index contributed by atoms with van der Waals surface area (Å²) in [4.78, 5) is 0. The molecule has 2 N–H and O–H groups in total. The minimum Gasteiger partial charge on any atom is -0.496 e. The highest BCUT2D eigenvalue weighted by Gasteiger charge is 2.11. The molecule has 1 aromatic rings. The van der Waals surface area contributed by atoms with Crippen LogP contribution in [0.1, 0.15) is 37.3 Å². The third-order valence-corrected chi connectivity index (χ3v) is 3.00. The molecule has 0 fully saturated rings. The van der Waals surface area contributed by atoms with Crippen molar-refractivity contribution < 1.29 is 4.74 Å². The summed E-state index contributed by atoms with van der Waals surface area (Å²) in [5.74, 6) is 1.33. The van der Waals surface area contributed by atoms with E-state index in [1.165, 1.54) is 0 Å². The molecule has 0 bridgehead atoms. The summed E-state index contributed by atoms with van der Waals surface area (Å²) in [5.41, 5.74) is 7.79. The zero-order valence-corrected chi connectivity index (χ0v) is 11.0. The summed E-state index contributed by atoms with van der Waals surface area (Å²) in [5, 5.41) is 0.822. The molecule has 0 aromatic heterocycles. The number of benzene rings is 1. The van der Waals surface area contributed by atoms with E-state index in [0.29, 0.717) is 12.5 Å². The van der Waals surface area contributed by atoms with Crippen LogP contribution >= 0.6 is 11.6 Å². The van der Waals surface area contributed by atoms with Crippen LogP contribution in [0.4, 0.5) is 0 Å². The Morgan fingerprint density at radius 2 is 2.06 bits per heavy atom. The lowest BCUT2D eigenvalue weighted by atomic mass is 9.99. The second-order valence-electron chi connectivity index (χ2n) is 4.23. The van der Waals surface area contributed by atoms with E-state index >= 15 is 0 Å². The van der Waals surface area contributed by atoms with E-state index in [4.69, 9.17) is 22.1 Å². The Kier molecular flexibility index (Phi) is 5.10. The Labute approximate surface area is 103 Å². The van der Waals surface area contributed by atoms with Crippen LogP contribution in [0, 0.1) is 0 Å². The first-order valence-electron chi connectivity index (χ1n) is 5.66. The first kappa shape index (κ1) is 13.3. The van der Waals surface area contributed by atoms with E-state index in [9.17, 15) is 0 Å². The van der Waals surface area contributed by atoms with Crippen LogP contribution in [0.2, 0.25) is 5.02 Å². The molecular formula is C13H20ClNO. The van der Waals surface area contributed by atoms with Gasteiger partial charge in [0.2, 0.25) is 0 Å². The van der Waals surface area contributed by atoms with E-state index in [-0.39, 0.29) is 0 Å². The predicted octanol–water partition coefficient (Wildman–Crippen LogP) is 3.36. The Bertz CT molecular complexity index is 350. The molecule has 0 aliphatic heterocycles. The molecule has 0 spiro atoms. The molecule has 90 valence electrons. The van der Waals surface area contributed by atoms with Gasteiger partial charge in [-0.1, -0.05) is 25.4 Å². The normalized spacial score (nSPS) is 10.9. The van der Waals surface area contributed by atoms with Crippen molar-refractivity contribution in [2.75, 3.05) is 13.7 Å². The minimum atomic E-state index is 0.407. The number of halogens is 1. The SMILES string of the molecule is COc1cc(C(C)C)c(Cl)cc1CCCN. The van der Waals surface area contributed by atoms with Crippen molar-refractivity contribution in [3.05, 3.63) is 28.3 Å². The predicted molar refractivity (Wildman–Crippen MR) is 69.5 cm³/mol. The van der Waals surface area contributed by atoms with Gasteiger partial charge in [0.05, 0.1) is 7.11 Å². The first-order chi connectivity index (χ1) is 7.60. The molecule has 3 heteroatoms. The van der Waals surface area contributed by atoms with E-state index in [2.05, 4.69) is 13.8 Å². The number of nitrogens with two attached hydrogens (primary N) is 1. The average Bonchev–Trinajstić information content (AvgIpc) is 2.25. The maximum atomic E-state index is 6.25. The maximum Gasteiger partial charge on any atom is 0.122 e. The molecule has 0 radical (unpaired) electrons. The second-order valence-corrected chi connectivity index (χ2v) is 4.64. The third kappa shape index (κ3) is 3.13. The summed E-state index contributed by atoms with van der Waals surface area (Å²) in [6.07, 6.45) is 1.87. The molecule has 1 aromatic carbocycles. The summed E-state index contributed by atoms with van der Waals surface area (Å²) in [6.45, 7) is 4.94. The van der Waals surface area contributed by atoms with Crippen LogP contribution in [0.15, 0.2) is 12.1 Å². The molecule has 2 nitrogen and oxygen atoms in total. The van der Waals surface area contributed by atoms with Crippen molar-refractivity contribution in [2.45, 2.75) is 32.6 Å². The Hall–Kier alpha value is -0.730. The summed E-state index contributed by atoms with van der Waals surface area (Å²) < 4.78 is 5.39. The van der Waals surface area contributed by atoms with Gasteiger partial charge < -0.3 is 10.5 Å². The van der Waals surface area contributed by atoms with Crippen molar-refractivity contribution in [2.24, 2.45) is 5.73 Å². The second kappa shape index (κ2) is 6.12. The van der Waals surface area contributed by atoms with Gasteiger partial charge in [0.15, 0.2) is 0 Å². The number of ether oxygens (including phenoxy) is 1. The van der Waals surface area contributed by atoms with Gasteiger partial charge in [-0.2, -0.15) is 0 Å². The Morgan fingerprint density at radius 3 is 2.56 bits per heavy atom. The zero-order chi connectivity index (χ0) is 12.1. The van der Waals surface area contributed by atoms with Crippen molar-refractivity contribution in [1.82, 2.24) is 0 Å². The van der Waals surface area contributed by atoms with Gasteiger partial charge in [0.1, 0.15) is 5.75 Å². The van der Waals surface area contributed by atoms with Crippen LogP contribution in [-0.2, 0) is 6.42 Å². The molecule has 16 heavy (non-hydrogen) atoms. The maximum absolute atomic E-state index is 6.25. The van der Waals surface area contributed by atoms with Crippen LogP contribution in [0.25, 0.3) is 0 Å². The molecule has 1 rings (SSSR count). The molecular weight excluding hydrogens is 222 g/mol. The quantitative estimate of drug-likeness (QED) is 0.858. The molecule has 0 saturated heterocycles. The van der Waals surface area contributed by atoms with Crippen molar-refractivity contribution in [1.29, 1.82) is 0 Å². The van der Waals surface area contributed by atoms with Gasteiger partial charge in [0.25, 0.3) is 0 Å². The molecule has 0 aliphatic rings. The zero-order valence-electron chi connectivity index (χ0n) is 10.2. The monoisotopic (exact) mass is 241 g/mol. The van der Waals surface area contributed by atoms with E-state index in [0.717, 1.165) is 34.7 Å². The fourth-order valence-corrected chi connectivity index (χ4v) is 2.14. The fourth-order valence-electron chi connectivity index (χ4n) is 1.73. The highest BCUT2D eigenvalue weighted by atomic mass is 35.5. The highest BCUT2D eigenvalue weighted by molar-refractivity contribution is 6.31. The topological polar surface area (TPSA) is 35.2 Å². The molecule has 0 heterocycles. The summed E-state index contributed by atoms with van der Waals surface area (Å²) >= 11 is 6.25. The largest absolute Gasteiger partial charge is 0.496 e. The van der Waals surface area contributed by atoms with Gasteiger partial charge >= 0.3 is 0 Å². The summed E-state index contributed by atoms with van der Waals surface area (Å²) in [7, 11) is 1.69. The van der Waals surface area contributed by atoms with Crippen molar-refractivity contribution in [3.8, 4) is 5.75 Å². The number of rotatable bonds is 5. The number of hydrogen-bond acceptors (Lipinski definition) is 2. The van der Waals surface area contributed by atoms with Gasteiger partial charge in [-0.05, 0) is 48.6 Å². The number of hydrogen-bond donors (Lipinski definition) is 1. The van der Waals surface area contributed by atoms with Crippen LogP contribution in [-0.4, -0.2) is 13.7 Å². The lowest BCUT2D eigenvalue weighted by molar-refractivity contribution is 0.408. The van der Waals surface area contributed by atoms with E-state index in [1.54, 1.807) is 7.11 Å². The number of aryl methyl sites for hydroxylation is 1. The van der Waals surface area contributed by atoms with Crippen LogP contribution in [0.5, 0.6) is 5.75 Å². The van der Waals surface area contributed by atoms with Crippen LogP contribution < -0.4 is 10.5 Å². The standard InChI is InChI=1S/C13H20ClNO/c1-9(2)11-8-13(16-3)10(5-4-6-15)7-12(11)14/h7-9H,4-6,15H2,1-3H3. The van der Waals surface area contributed by atoms with Gasteiger partial charge in [0, 0.05) is 5.02 Å². The fraction of sp³-hybridized carbons (Fsp3) is 0.538. The Morgan fingerprint density at radius 1 is 1.38 bits per heavy atom. The Balaban J connectivity index is 3.05. The molecule has 0 unspecified atom stereocenters. The smallest absolute Gasteiger partial charge is 0.122 e. The first-order valence-corrected chi connectivity index (χ1v) is 6.04. The van der Waals surface area contributed by atoms with E-state index < -0.39 is 0 Å². The lowest BCUT2D eigenvalue weighted by Gasteiger charge is -2.14. The van der Waals surface area contributed by atoms with Gasteiger partial charge in [-0.3, -0.25) is 0 Å². The van der Waals surface area contributed by atoms with Crippen molar-refractivity contribution >= 4 is 11.6 Å². The molecule has 0 atom stereocenters. The lowest BCUT2D eigenvalue weighted by Crippen LogP contribution is -2.02. The minimum absolute atomic E-state index is 0.407. The average molecular weight is 242 g/mol. The molecule has 0 aliphatic carbocycles. The summed E-state index contributed by atoms with van der Waals surface area (Å²) in [6, 6.07) is 4.05. The van der Waals surface area contributed by atoms with Crippen molar-refractivity contribution in [3.63, 3.8) is 0 Å². The van der Waals surface area contributed by atoms with E-state index in [1.807, 2.05) is 12.1 Å². The molecule has 0 amide bonds. The van der Waals surface area contributed by atoms with Crippen LogP contribution in [0.3, 0.4) is 0 Å². The third-order valence-electron chi connectivity index (χ3n) is 2.67. The van der Waals surface area contributed by atoms with Gasteiger partial charge in [-0.25, -0.2) is 0 Å². The molecule has 0 saturated carbocycles. The highest BCUT2D eigenvalue weighted by Crippen LogP contribution is 2.32.